The van der Waals surface area contributed by atoms with E-state index in [-0.39, 0.29) is 0 Å². The molecule has 0 saturated carbocycles. The van der Waals surface area contributed by atoms with Crippen molar-refractivity contribution >= 4 is 17.7 Å². The normalized spacial score (nSPS) is 10.5. The number of tetrazole rings is 1. The largest absolute Gasteiger partial charge is 0.497 e. The highest BCUT2D eigenvalue weighted by molar-refractivity contribution is 7.98. The van der Waals surface area contributed by atoms with Crippen LogP contribution in [0.3, 0.4) is 0 Å². The van der Waals surface area contributed by atoms with Crippen molar-refractivity contribution < 1.29 is 9.53 Å². The van der Waals surface area contributed by atoms with Crippen LogP contribution in [0.2, 0.25) is 0 Å². The van der Waals surface area contributed by atoms with Crippen molar-refractivity contribution in [3.05, 3.63) is 59.7 Å². The van der Waals surface area contributed by atoms with Gasteiger partial charge in [-0.2, -0.15) is 4.68 Å². The third-order valence-corrected chi connectivity index (χ3v) is 4.35. The number of carbonyl (C=O) groups excluding carboxylic acids is 1. The Morgan fingerprint density at radius 3 is 2.50 bits per heavy atom. The maximum atomic E-state index is 11.1. The van der Waals surface area contributed by atoms with Crippen molar-refractivity contribution in [2.24, 2.45) is 5.73 Å². The predicted octanol–water partition coefficient (Wildman–Crippen LogP) is 2.06. The SMILES string of the molecule is COc1ccc(-n2nnnc2SCc2ccc(C(N)=O)cc2)cc1. The van der Waals surface area contributed by atoms with E-state index in [0.29, 0.717) is 16.5 Å². The van der Waals surface area contributed by atoms with Gasteiger partial charge in [-0.3, -0.25) is 4.79 Å². The highest BCUT2D eigenvalue weighted by Gasteiger charge is 2.10. The summed E-state index contributed by atoms with van der Waals surface area (Å²) in [7, 11) is 1.62. The standard InChI is InChI=1S/C16H15N5O2S/c1-23-14-8-6-13(7-9-14)21-16(18-19-20-21)24-10-11-2-4-12(5-3-11)15(17)22/h2-9H,10H2,1H3,(H2,17,22). The Bertz CT molecular complexity index is 830. The number of aromatic nitrogens is 4. The van der Waals surface area contributed by atoms with Gasteiger partial charge in [-0.25, -0.2) is 0 Å². The van der Waals surface area contributed by atoms with Crippen LogP contribution in [0, 0.1) is 0 Å². The molecule has 3 rings (SSSR count). The Labute approximate surface area is 142 Å². The van der Waals surface area contributed by atoms with E-state index < -0.39 is 5.91 Å². The first-order valence-electron chi connectivity index (χ1n) is 7.12. The van der Waals surface area contributed by atoms with Gasteiger partial charge in [0.2, 0.25) is 11.1 Å². The minimum absolute atomic E-state index is 0.433. The molecule has 2 N–H and O–H groups in total. The van der Waals surface area contributed by atoms with Crippen molar-refractivity contribution in [1.29, 1.82) is 0 Å². The molecule has 24 heavy (non-hydrogen) atoms. The molecule has 0 aliphatic carbocycles. The topological polar surface area (TPSA) is 95.9 Å². The Hall–Kier alpha value is -2.87. The number of ether oxygens (including phenoxy) is 1. The minimum Gasteiger partial charge on any atom is -0.497 e. The van der Waals surface area contributed by atoms with E-state index in [1.54, 1.807) is 23.9 Å². The summed E-state index contributed by atoms with van der Waals surface area (Å²) in [5, 5.41) is 12.5. The number of primary amides is 1. The number of carbonyl (C=O) groups is 1. The van der Waals surface area contributed by atoms with Gasteiger partial charge < -0.3 is 10.5 Å². The van der Waals surface area contributed by atoms with Crippen molar-refractivity contribution in [1.82, 2.24) is 20.2 Å². The number of amides is 1. The highest BCUT2D eigenvalue weighted by atomic mass is 32.2. The molecule has 7 nitrogen and oxygen atoms in total. The Morgan fingerprint density at radius 1 is 1.17 bits per heavy atom. The van der Waals surface area contributed by atoms with Gasteiger partial charge in [0.25, 0.3) is 0 Å². The smallest absolute Gasteiger partial charge is 0.248 e. The summed E-state index contributed by atoms with van der Waals surface area (Å²) >= 11 is 1.51. The molecule has 0 radical (unpaired) electrons. The van der Waals surface area contributed by atoms with Gasteiger partial charge in [0.05, 0.1) is 12.8 Å². The van der Waals surface area contributed by atoms with Gasteiger partial charge in [-0.05, 0) is 52.4 Å². The molecule has 1 aromatic heterocycles. The van der Waals surface area contributed by atoms with E-state index in [4.69, 9.17) is 10.5 Å². The fraction of sp³-hybridized carbons (Fsp3) is 0.125. The Kier molecular flexibility index (Phi) is 4.76. The quantitative estimate of drug-likeness (QED) is 0.690. The molecule has 0 bridgehead atoms. The molecule has 1 amide bonds. The van der Waals surface area contributed by atoms with Gasteiger partial charge in [0.15, 0.2) is 0 Å². The third-order valence-electron chi connectivity index (χ3n) is 3.36. The van der Waals surface area contributed by atoms with Crippen LogP contribution in [0.5, 0.6) is 5.75 Å². The summed E-state index contributed by atoms with van der Waals surface area (Å²) in [6, 6.07) is 14.7. The molecule has 0 unspecified atom stereocenters. The lowest BCUT2D eigenvalue weighted by Crippen LogP contribution is -2.10. The number of hydrogen-bond acceptors (Lipinski definition) is 6. The first-order chi connectivity index (χ1) is 11.7. The number of nitrogens with two attached hydrogens (primary N) is 1. The molecule has 8 heteroatoms. The van der Waals surface area contributed by atoms with Gasteiger partial charge >= 0.3 is 0 Å². The Morgan fingerprint density at radius 2 is 1.88 bits per heavy atom. The summed E-state index contributed by atoms with van der Waals surface area (Å²) in [5.74, 6) is 1.02. The molecule has 122 valence electrons. The molecule has 0 aliphatic heterocycles. The van der Waals surface area contributed by atoms with Crippen molar-refractivity contribution in [2.75, 3.05) is 7.11 Å². The second kappa shape index (κ2) is 7.14. The molecule has 0 aliphatic rings. The van der Waals surface area contributed by atoms with Crippen LogP contribution in [0.1, 0.15) is 15.9 Å². The average Bonchev–Trinajstić information content (AvgIpc) is 3.09. The second-order valence-corrected chi connectivity index (χ2v) is 5.86. The second-order valence-electron chi connectivity index (χ2n) is 4.92. The fourth-order valence-corrected chi connectivity index (χ4v) is 2.91. The number of methoxy groups -OCH3 is 1. The molecule has 0 atom stereocenters. The van der Waals surface area contributed by atoms with Crippen molar-refractivity contribution in [2.45, 2.75) is 10.9 Å². The van der Waals surface area contributed by atoms with Crippen LogP contribution >= 0.6 is 11.8 Å². The van der Waals surface area contributed by atoms with Crippen LogP contribution in [-0.4, -0.2) is 33.2 Å². The predicted molar refractivity (Wildman–Crippen MR) is 90.2 cm³/mol. The van der Waals surface area contributed by atoms with Gasteiger partial charge in [-0.15, -0.1) is 5.10 Å². The van der Waals surface area contributed by atoms with Gasteiger partial charge in [-0.1, -0.05) is 23.9 Å². The first kappa shape index (κ1) is 16.0. The van der Waals surface area contributed by atoms with Gasteiger partial charge in [0.1, 0.15) is 5.75 Å². The van der Waals surface area contributed by atoms with E-state index >= 15 is 0 Å². The third kappa shape index (κ3) is 3.54. The molecular weight excluding hydrogens is 326 g/mol. The molecule has 0 fully saturated rings. The summed E-state index contributed by atoms with van der Waals surface area (Å²) in [4.78, 5) is 11.1. The first-order valence-corrected chi connectivity index (χ1v) is 8.10. The molecular formula is C16H15N5O2S. The van der Waals surface area contributed by atoms with Crippen LogP contribution < -0.4 is 10.5 Å². The van der Waals surface area contributed by atoms with Crippen molar-refractivity contribution in [3.63, 3.8) is 0 Å². The summed E-state index contributed by atoms with van der Waals surface area (Å²) in [6.07, 6.45) is 0. The number of hydrogen-bond donors (Lipinski definition) is 1. The minimum atomic E-state index is -0.433. The monoisotopic (exact) mass is 341 g/mol. The van der Waals surface area contributed by atoms with E-state index in [1.165, 1.54) is 11.8 Å². The van der Waals surface area contributed by atoms with E-state index in [2.05, 4.69) is 15.5 Å². The average molecular weight is 341 g/mol. The number of rotatable bonds is 6. The molecule has 0 saturated heterocycles. The van der Waals surface area contributed by atoms with Crippen molar-refractivity contribution in [3.8, 4) is 11.4 Å². The van der Waals surface area contributed by atoms with E-state index in [0.717, 1.165) is 17.0 Å². The van der Waals surface area contributed by atoms with Crippen LogP contribution in [0.15, 0.2) is 53.7 Å². The lowest BCUT2D eigenvalue weighted by atomic mass is 10.1. The summed E-state index contributed by atoms with van der Waals surface area (Å²) < 4.78 is 6.82. The number of benzene rings is 2. The van der Waals surface area contributed by atoms with E-state index in [1.807, 2.05) is 36.4 Å². The Balaban J connectivity index is 1.72. The molecule has 0 spiro atoms. The summed E-state index contributed by atoms with van der Waals surface area (Å²) in [6.45, 7) is 0. The summed E-state index contributed by atoms with van der Waals surface area (Å²) in [5.41, 5.74) is 7.63. The van der Waals surface area contributed by atoms with Crippen LogP contribution in [-0.2, 0) is 5.75 Å². The van der Waals surface area contributed by atoms with Crippen LogP contribution in [0.25, 0.3) is 5.69 Å². The number of nitrogens with zero attached hydrogens (tertiary/aromatic N) is 4. The van der Waals surface area contributed by atoms with E-state index in [9.17, 15) is 4.79 Å². The fourth-order valence-electron chi connectivity index (χ4n) is 2.07. The zero-order valence-corrected chi connectivity index (χ0v) is 13.7. The molecule has 2 aromatic carbocycles. The highest BCUT2D eigenvalue weighted by Crippen LogP contribution is 2.23. The maximum absolute atomic E-state index is 11.1. The molecule has 1 heterocycles. The lowest BCUT2D eigenvalue weighted by molar-refractivity contribution is 0.100. The molecule has 3 aromatic rings. The number of thioether (sulfide) groups is 1. The van der Waals surface area contributed by atoms with Crippen LogP contribution in [0.4, 0.5) is 0 Å². The van der Waals surface area contributed by atoms with Gasteiger partial charge in [0, 0.05) is 11.3 Å². The lowest BCUT2D eigenvalue weighted by Gasteiger charge is -2.06. The maximum Gasteiger partial charge on any atom is 0.248 e. The zero-order valence-electron chi connectivity index (χ0n) is 12.9. The zero-order chi connectivity index (χ0) is 16.9.